The minimum absolute atomic E-state index is 0.0157. The van der Waals surface area contributed by atoms with Crippen LogP contribution in [0.3, 0.4) is 0 Å². The molecule has 4 N–H and O–H groups in total. The summed E-state index contributed by atoms with van der Waals surface area (Å²) in [4.78, 5) is 16.5. The lowest BCUT2D eigenvalue weighted by Gasteiger charge is -2.19. The zero-order chi connectivity index (χ0) is 27.9. The Bertz CT molecular complexity index is 1240. The average molecular weight is 592 g/mol. The summed E-state index contributed by atoms with van der Waals surface area (Å²) in [5, 5.41) is 21.9. The molecule has 0 spiro atoms. The van der Waals surface area contributed by atoms with Crippen molar-refractivity contribution in [3.8, 4) is 10.4 Å². The first kappa shape index (κ1) is 30.7. The highest BCUT2D eigenvalue weighted by Crippen LogP contribution is 2.42. The molecule has 1 aromatic carbocycles. The number of benzene rings is 1. The molecule has 0 radical (unpaired) electrons. The number of carbonyl (C=O) groups is 1. The van der Waals surface area contributed by atoms with Crippen LogP contribution in [0.4, 0.5) is 13.2 Å². The molecular weight excluding hydrogens is 566 g/mol. The highest BCUT2D eigenvalue weighted by molar-refractivity contribution is 7.89. The summed E-state index contributed by atoms with van der Waals surface area (Å²) in [6, 6.07) is -0.140. The number of halogens is 5. The highest BCUT2D eigenvalue weighted by Gasteiger charge is 2.39. The highest BCUT2D eigenvalue weighted by atomic mass is 35.5. The maximum atomic E-state index is 12.9. The van der Waals surface area contributed by atoms with E-state index in [2.05, 4.69) is 10.3 Å². The Morgan fingerprint density at radius 2 is 1.69 bits per heavy atom. The van der Waals surface area contributed by atoms with Gasteiger partial charge < -0.3 is 15.5 Å². The largest absolute Gasteiger partial charge is 0.404 e. The molecule has 0 saturated heterocycles. The van der Waals surface area contributed by atoms with Crippen molar-refractivity contribution in [1.82, 2.24) is 15.0 Å². The number of thiazole rings is 1. The van der Waals surface area contributed by atoms with Crippen LogP contribution in [-0.4, -0.2) is 59.5 Å². The molecule has 202 valence electrons. The number of nitrogens with zero attached hydrogens (tertiary/aromatic N) is 1. The number of hydrogen-bond donors (Lipinski definition) is 4. The van der Waals surface area contributed by atoms with Crippen molar-refractivity contribution in [1.29, 1.82) is 0 Å². The van der Waals surface area contributed by atoms with Crippen molar-refractivity contribution in [3.63, 3.8) is 0 Å². The van der Waals surface area contributed by atoms with Crippen LogP contribution in [0.5, 0.6) is 0 Å². The lowest BCUT2D eigenvalue weighted by atomic mass is 10.0. The minimum atomic E-state index is -4.82. The van der Waals surface area contributed by atoms with Crippen molar-refractivity contribution in [3.05, 3.63) is 32.9 Å². The van der Waals surface area contributed by atoms with Gasteiger partial charge in [-0.3, -0.25) is 4.79 Å². The molecule has 15 heteroatoms. The van der Waals surface area contributed by atoms with Crippen LogP contribution in [0.1, 0.15) is 50.1 Å². The van der Waals surface area contributed by atoms with Crippen molar-refractivity contribution >= 4 is 50.5 Å². The summed E-state index contributed by atoms with van der Waals surface area (Å²) in [7, 11) is -4.69. The van der Waals surface area contributed by atoms with E-state index in [4.69, 9.17) is 23.2 Å². The van der Waals surface area contributed by atoms with E-state index in [-0.39, 0.29) is 34.3 Å². The standard InChI is InChI=1S/C21H26Cl2F3N3O5S2/c1-10(21(24,25)26)29-36(33,34)13-7-6-11(14(22)15(13)23)16-12(8-19(2,3)31)28-18(35-16)17(30)27-9-20(4,5)32/h6-7,10,29,31-32H,8-9H2,1-5H3,(H,27,30)/t10-/m0/s1. The van der Waals surface area contributed by atoms with Gasteiger partial charge in [0, 0.05) is 18.5 Å². The third-order valence-electron chi connectivity index (χ3n) is 4.58. The van der Waals surface area contributed by atoms with Gasteiger partial charge in [-0.1, -0.05) is 29.3 Å². The second-order valence-corrected chi connectivity index (χ2v) is 12.8. The third kappa shape index (κ3) is 8.01. The number of aliphatic hydroxyl groups is 2. The maximum Gasteiger partial charge on any atom is 0.404 e. The van der Waals surface area contributed by atoms with E-state index in [0.29, 0.717) is 11.8 Å². The topological polar surface area (TPSA) is 129 Å². The van der Waals surface area contributed by atoms with Gasteiger partial charge in [-0.15, -0.1) is 11.3 Å². The smallest absolute Gasteiger partial charge is 0.390 e. The normalized spacial score (nSPS) is 14.1. The molecule has 0 aliphatic carbocycles. The molecule has 0 unspecified atom stereocenters. The fraction of sp³-hybridized carbons (Fsp3) is 0.524. The van der Waals surface area contributed by atoms with Crippen molar-refractivity contribution in [2.24, 2.45) is 0 Å². The van der Waals surface area contributed by atoms with E-state index in [9.17, 15) is 36.6 Å². The molecule has 0 fully saturated rings. The Kier molecular flexibility index (Phi) is 9.15. The van der Waals surface area contributed by atoms with Gasteiger partial charge in [0.05, 0.1) is 31.8 Å². The van der Waals surface area contributed by atoms with Crippen LogP contribution >= 0.6 is 34.5 Å². The van der Waals surface area contributed by atoms with Gasteiger partial charge in [-0.25, -0.2) is 13.4 Å². The van der Waals surface area contributed by atoms with E-state index in [1.54, 1.807) is 0 Å². The van der Waals surface area contributed by atoms with Crippen molar-refractivity contribution in [2.75, 3.05) is 6.54 Å². The molecule has 0 aliphatic rings. The van der Waals surface area contributed by atoms with E-state index in [1.807, 2.05) is 0 Å². The van der Waals surface area contributed by atoms with Gasteiger partial charge in [0.1, 0.15) is 10.9 Å². The molecule has 8 nitrogen and oxygen atoms in total. The Labute approximate surface area is 220 Å². The van der Waals surface area contributed by atoms with Gasteiger partial charge in [0.25, 0.3) is 5.91 Å². The van der Waals surface area contributed by atoms with Gasteiger partial charge in [0.15, 0.2) is 5.01 Å². The van der Waals surface area contributed by atoms with E-state index in [0.717, 1.165) is 17.4 Å². The van der Waals surface area contributed by atoms with Crippen LogP contribution in [0.15, 0.2) is 17.0 Å². The summed E-state index contributed by atoms with van der Waals surface area (Å²) in [5.41, 5.74) is -2.00. The van der Waals surface area contributed by atoms with Crippen LogP contribution in [0.25, 0.3) is 10.4 Å². The Morgan fingerprint density at radius 1 is 1.11 bits per heavy atom. The second kappa shape index (κ2) is 10.7. The van der Waals surface area contributed by atoms with Crippen LogP contribution in [0.2, 0.25) is 10.0 Å². The lowest BCUT2D eigenvalue weighted by molar-refractivity contribution is -0.147. The molecule has 1 aromatic heterocycles. The Morgan fingerprint density at radius 3 is 2.19 bits per heavy atom. The first-order chi connectivity index (χ1) is 16.1. The summed E-state index contributed by atoms with van der Waals surface area (Å²) in [6.45, 7) is 6.62. The number of sulfonamides is 1. The molecule has 1 amide bonds. The molecule has 2 rings (SSSR count). The molecule has 0 aliphatic heterocycles. The molecule has 0 saturated carbocycles. The molecule has 2 aromatic rings. The van der Waals surface area contributed by atoms with E-state index in [1.165, 1.54) is 38.5 Å². The average Bonchev–Trinajstić information content (AvgIpc) is 3.08. The molecule has 1 heterocycles. The summed E-state index contributed by atoms with van der Waals surface area (Å²) in [5.74, 6) is -0.600. The fourth-order valence-corrected chi connectivity index (χ4v) is 6.02. The quantitative estimate of drug-likeness (QED) is 0.346. The molecule has 0 bridgehead atoms. The number of carbonyl (C=O) groups excluding carboxylic acids is 1. The number of hydrogen-bond acceptors (Lipinski definition) is 7. The summed E-state index contributed by atoms with van der Waals surface area (Å²) < 4.78 is 65.2. The second-order valence-electron chi connectivity index (χ2n) is 9.40. The number of amides is 1. The van der Waals surface area contributed by atoms with Crippen LogP contribution in [0, 0.1) is 0 Å². The van der Waals surface area contributed by atoms with Gasteiger partial charge in [-0.2, -0.15) is 17.9 Å². The predicted octanol–water partition coefficient (Wildman–Crippen LogP) is 4.16. The maximum absolute atomic E-state index is 12.9. The van der Waals surface area contributed by atoms with Crippen molar-refractivity contribution in [2.45, 2.75) is 69.4 Å². The zero-order valence-corrected chi connectivity index (χ0v) is 23.1. The summed E-state index contributed by atoms with van der Waals surface area (Å²) in [6.07, 6.45) is -4.84. The number of aromatic nitrogens is 1. The first-order valence-electron chi connectivity index (χ1n) is 10.4. The predicted molar refractivity (Wildman–Crippen MR) is 132 cm³/mol. The zero-order valence-electron chi connectivity index (χ0n) is 19.9. The van der Waals surface area contributed by atoms with Gasteiger partial charge >= 0.3 is 6.18 Å². The number of nitrogens with one attached hydrogen (secondary N) is 2. The number of rotatable bonds is 9. The number of alkyl halides is 3. The van der Waals surface area contributed by atoms with Crippen LogP contribution in [-0.2, 0) is 16.4 Å². The first-order valence-corrected chi connectivity index (χ1v) is 13.5. The third-order valence-corrected chi connectivity index (χ3v) is 8.28. The Hall–Kier alpha value is -1.48. The molecular formula is C21H26Cl2F3N3O5S2. The van der Waals surface area contributed by atoms with E-state index >= 15 is 0 Å². The van der Waals surface area contributed by atoms with Crippen LogP contribution < -0.4 is 10.0 Å². The molecule has 36 heavy (non-hydrogen) atoms. The Balaban J connectivity index is 2.55. The lowest BCUT2D eigenvalue weighted by Crippen LogP contribution is -2.43. The van der Waals surface area contributed by atoms with E-state index < -0.39 is 49.3 Å². The summed E-state index contributed by atoms with van der Waals surface area (Å²) >= 11 is 13.4. The monoisotopic (exact) mass is 591 g/mol. The van der Waals surface area contributed by atoms with Crippen molar-refractivity contribution < 1.29 is 36.6 Å². The molecule has 1 atom stereocenters. The van der Waals surface area contributed by atoms with Gasteiger partial charge in [0.2, 0.25) is 10.0 Å². The SMILES string of the molecule is C[C@H](NS(=O)(=O)c1ccc(-c2sc(C(=O)NCC(C)(C)O)nc2CC(C)(C)O)c(Cl)c1Cl)C(F)(F)F. The minimum Gasteiger partial charge on any atom is -0.390 e. The van der Waals surface area contributed by atoms with Gasteiger partial charge in [-0.05, 0) is 40.7 Å². The fourth-order valence-electron chi connectivity index (χ4n) is 2.84.